The van der Waals surface area contributed by atoms with Gasteiger partial charge in [0.25, 0.3) is 0 Å². The van der Waals surface area contributed by atoms with Gasteiger partial charge in [0, 0.05) is 16.1 Å². The minimum absolute atomic E-state index is 0. The van der Waals surface area contributed by atoms with Crippen molar-refractivity contribution in [3.63, 3.8) is 0 Å². The summed E-state index contributed by atoms with van der Waals surface area (Å²) < 4.78 is 6.17. The summed E-state index contributed by atoms with van der Waals surface area (Å²) in [7, 11) is 0. The van der Waals surface area contributed by atoms with Crippen LogP contribution >= 0.6 is 24.0 Å². The number of para-hydroxylation sites is 1. The molecule has 21 heavy (non-hydrogen) atoms. The second-order valence-corrected chi connectivity index (χ2v) is 5.54. The van der Waals surface area contributed by atoms with Gasteiger partial charge >= 0.3 is 0 Å². The van der Waals surface area contributed by atoms with Crippen LogP contribution in [-0.2, 0) is 6.42 Å². The molecule has 1 aliphatic heterocycles. The maximum Gasteiger partial charge on any atom is 0.130 e. The molecule has 4 heteroatoms. The standard InChI is InChI=1S/C17H18ClNO.ClH/c18-16-7-2-1-5-14(16)15-6-3-4-12-8-9-13(10-11-19)20-17(12)15;/h1-7,13H,8-11,19H2;1H/t13-;/m0./s1. The molecule has 0 bridgehead atoms. The fourth-order valence-corrected chi connectivity index (χ4v) is 2.98. The Bertz CT molecular complexity index is 615. The Morgan fingerprint density at radius 1 is 1.10 bits per heavy atom. The molecule has 1 atom stereocenters. The number of benzene rings is 2. The van der Waals surface area contributed by atoms with Gasteiger partial charge in [-0.15, -0.1) is 12.4 Å². The summed E-state index contributed by atoms with van der Waals surface area (Å²) in [5, 5.41) is 0.755. The Balaban J connectivity index is 0.00000161. The molecule has 0 fully saturated rings. The molecule has 1 aliphatic rings. The maximum absolute atomic E-state index is 6.32. The molecule has 0 radical (unpaired) electrons. The first-order valence-corrected chi connectivity index (χ1v) is 7.41. The van der Waals surface area contributed by atoms with Crippen LogP contribution in [0.15, 0.2) is 42.5 Å². The van der Waals surface area contributed by atoms with Gasteiger partial charge in [0.05, 0.1) is 0 Å². The quantitative estimate of drug-likeness (QED) is 0.904. The molecule has 0 saturated heterocycles. The molecular formula is C17H19Cl2NO. The lowest BCUT2D eigenvalue weighted by Crippen LogP contribution is -2.25. The SMILES string of the molecule is Cl.NCC[C@@H]1CCc2cccc(-c3ccccc3Cl)c2O1. The van der Waals surface area contributed by atoms with Gasteiger partial charge < -0.3 is 10.5 Å². The molecule has 1 heterocycles. The predicted octanol–water partition coefficient (Wildman–Crippen LogP) is 4.47. The summed E-state index contributed by atoms with van der Waals surface area (Å²) >= 11 is 6.32. The smallest absolute Gasteiger partial charge is 0.130 e. The highest BCUT2D eigenvalue weighted by atomic mass is 35.5. The summed E-state index contributed by atoms with van der Waals surface area (Å²) in [4.78, 5) is 0. The lowest BCUT2D eigenvalue weighted by Gasteiger charge is -2.28. The molecule has 0 unspecified atom stereocenters. The molecule has 0 aromatic heterocycles. The lowest BCUT2D eigenvalue weighted by atomic mass is 9.95. The van der Waals surface area contributed by atoms with Crippen LogP contribution in [0.25, 0.3) is 11.1 Å². The van der Waals surface area contributed by atoms with Crippen molar-refractivity contribution in [1.29, 1.82) is 0 Å². The number of halogens is 2. The third-order valence-corrected chi connectivity index (χ3v) is 4.10. The van der Waals surface area contributed by atoms with Crippen molar-refractivity contribution >= 4 is 24.0 Å². The Hall–Kier alpha value is -1.22. The molecule has 3 rings (SSSR count). The van der Waals surface area contributed by atoms with E-state index in [0.717, 1.165) is 41.2 Å². The third kappa shape index (κ3) is 3.34. The van der Waals surface area contributed by atoms with E-state index in [0.29, 0.717) is 6.54 Å². The van der Waals surface area contributed by atoms with Crippen molar-refractivity contribution in [3.05, 3.63) is 53.1 Å². The van der Waals surface area contributed by atoms with Crippen LogP contribution < -0.4 is 10.5 Å². The fraction of sp³-hybridized carbons (Fsp3) is 0.294. The van der Waals surface area contributed by atoms with E-state index >= 15 is 0 Å². The second-order valence-electron chi connectivity index (χ2n) is 5.13. The first-order valence-electron chi connectivity index (χ1n) is 7.03. The van der Waals surface area contributed by atoms with E-state index in [4.69, 9.17) is 22.1 Å². The Morgan fingerprint density at radius 3 is 2.62 bits per heavy atom. The summed E-state index contributed by atoms with van der Waals surface area (Å²) in [6.45, 7) is 0.661. The van der Waals surface area contributed by atoms with Crippen molar-refractivity contribution < 1.29 is 4.74 Å². The topological polar surface area (TPSA) is 35.2 Å². The molecule has 112 valence electrons. The van der Waals surface area contributed by atoms with E-state index in [1.54, 1.807) is 0 Å². The number of fused-ring (bicyclic) bond motifs is 1. The molecule has 2 N–H and O–H groups in total. The maximum atomic E-state index is 6.32. The van der Waals surface area contributed by atoms with E-state index < -0.39 is 0 Å². The fourth-order valence-electron chi connectivity index (χ4n) is 2.74. The van der Waals surface area contributed by atoms with E-state index in [2.05, 4.69) is 18.2 Å². The zero-order chi connectivity index (χ0) is 13.9. The minimum atomic E-state index is 0. The molecule has 2 nitrogen and oxygen atoms in total. The van der Waals surface area contributed by atoms with Crippen LogP contribution in [0, 0.1) is 0 Å². The van der Waals surface area contributed by atoms with E-state index in [1.807, 2.05) is 24.3 Å². The molecule has 2 aromatic carbocycles. The van der Waals surface area contributed by atoms with Crippen LogP contribution in [-0.4, -0.2) is 12.6 Å². The van der Waals surface area contributed by atoms with Gasteiger partial charge in [0.15, 0.2) is 0 Å². The van der Waals surface area contributed by atoms with Gasteiger partial charge in [-0.3, -0.25) is 0 Å². The van der Waals surface area contributed by atoms with Crippen LogP contribution in [0.4, 0.5) is 0 Å². The summed E-state index contributed by atoms with van der Waals surface area (Å²) in [6, 6.07) is 14.2. The van der Waals surface area contributed by atoms with Gasteiger partial charge in [-0.2, -0.15) is 0 Å². The Morgan fingerprint density at radius 2 is 1.86 bits per heavy atom. The first kappa shape index (κ1) is 16.2. The number of nitrogens with two attached hydrogens (primary N) is 1. The van der Waals surface area contributed by atoms with Crippen molar-refractivity contribution in [2.24, 2.45) is 5.73 Å². The van der Waals surface area contributed by atoms with E-state index in [9.17, 15) is 0 Å². The van der Waals surface area contributed by atoms with Crippen molar-refractivity contribution in [2.75, 3.05) is 6.54 Å². The molecule has 0 saturated carbocycles. The highest BCUT2D eigenvalue weighted by Crippen LogP contribution is 2.40. The Labute approximate surface area is 136 Å². The summed E-state index contributed by atoms with van der Waals surface area (Å²) in [6.07, 6.45) is 3.20. The van der Waals surface area contributed by atoms with Crippen LogP contribution in [0.2, 0.25) is 5.02 Å². The Kier molecular flexibility index (Phi) is 5.51. The molecular weight excluding hydrogens is 305 g/mol. The molecule has 0 amide bonds. The highest BCUT2D eigenvalue weighted by Gasteiger charge is 2.22. The largest absolute Gasteiger partial charge is 0.489 e. The van der Waals surface area contributed by atoms with Crippen molar-refractivity contribution in [2.45, 2.75) is 25.4 Å². The van der Waals surface area contributed by atoms with Crippen LogP contribution in [0.5, 0.6) is 5.75 Å². The van der Waals surface area contributed by atoms with Gasteiger partial charge in [-0.05, 0) is 37.4 Å². The van der Waals surface area contributed by atoms with Crippen molar-refractivity contribution in [1.82, 2.24) is 0 Å². The highest BCUT2D eigenvalue weighted by molar-refractivity contribution is 6.33. The van der Waals surface area contributed by atoms with Crippen molar-refractivity contribution in [3.8, 4) is 16.9 Å². The van der Waals surface area contributed by atoms with E-state index in [-0.39, 0.29) is 18.5 Å². The minimum Gasteiger partial charge on any atom is -0.489 e. The van der Waals surface area contributed by atoms with Gasteiger partial charge in [0.1, 0.15) is 11.9 Å². The number of aryl methyl sites for hydroxylation is 1. The number of rotatable bonds is 3. The number of hydrogen-bond donors (Lipinski definition) is 1. The normalized spacial score (nSPS) is 16.6. The van der Waals surface area contributed by atoms with Gasteiger partial charge in [-0.1, -0.05) is 48.0 Å². The first-order chi connectivity index (χ1) is 9.79. The lowest BCUT2D eigenvalue weighted by molar-refractivity contribution is 0.167. The number of ether oxygens (including phenoxy) is 1. The zero-order valence-corrected chi connectivity index (χ0v) is 13.3. The zero-order valence-electron chi connectivity index (χ0n) is 11.7. The van der Waals surface area contributed by atoms with Gasteiger partial charge in [0.2, 0.25) is 0 Å². The summed E-state index contributed by atoms with van der Waals surface area (Å²) in [5.74, 6) is 0.977. The van der Waals surface area contributed by atoms with Gasteiger partial charge in [-0.25, -0.2) is 0 Å². The molecule has 0 aliphatic carbocycles. The monoisotopic (exact) mass is 323 g/mol. The predicted molar refractivity (Wildman–Crippen MR) is 90.5 cm³/mol. The third-order valence-electron chi connectivity index (χ3n) is 3.77. The average molecular weight is 324 g/mol. The number of hydrogen-bond acceptors (Lipinski definition) is 2. The second kappa shape index (κ2) is 7.17. The van der Waals surface area contributed by atoms with E-state index in [1.165, 1.54) is 5.56 Å². The molecule has 2 aromatic rings. The summed E-state index contributed by atoms with van der Waals surface area (Å²) in [5.41, 5.74) is 9.02. The van der Waals surface area contributed by atoms with Crippen LogP contribution in [0.3, 0.4) is 0 Å². The average Bonchev–Trinajstić information content (AvgIpc) is 2.48. The van der Waals surface area contributed by atoms with Crippen LogP contribution in [0.1, 0.15) is 18.4 Å². The molecule has 0 spiro atoms.